The quantitative estimate of drug-likeness (QED) is 0.759. The first-order valence-corrected chi connectivity index (χ1v) is 6.79. The first-order chi connectivity index (χ1) is 8.36. The summed E-state index contributed by atoms with van der Waals surface area (Å²) in [5.74, 6) is -1.74. The number of nitrogens with one attached hydrogen (secondary N) is 1. The molecule has 1 aromatic rings. The van der Waals surface area contributed by atoms with Crippen molar-refractivity contribution in [2.45, 2.75) is 25.0 Å². The summed E-state index contributed by atoms with van der Waals surface area (Å²) in [4.78, 5) is 10.6. The van der Waals surface area contributed by atoms with Gasteiger partial charge in [-0.25, -0.2) is 17.9 Å². The highest BCUT2D eigenvalue weighted by atomic mass is 32.2. The van der Waals surface area contributed by atoms with Gasteiger partial charge in [-0.15, -0.1) is 0 Å². The third-order valence-electron chi connectivity index (χ3n) is 2.07. The van der Waals surface area contributed by atoms with Gasteiger partial charge in [0.05, 0.1) is 6.10 Å². The van der Waals surface area contributed by atoms with Gasteiger partial charge >= 0.3 is 5.97 Å². The molecule has 0 radical (unpaired) electrons. The highest BCUT2D eigenvalue weighted by molar-refractivity contribution is 7.89. The molecule has 0 fully saturated rings. The minimum Gasteiger partial charge on any atom is -0.475 e. The van der Waals surface area contributed by atoms with Crippen molar-refractivity contribution < 1.29 is 27.5 Å². The maximum Gasteiger partial charge on any atom is 0.371 e. The number of hydrogen-bond acceptors (Lipinski definition) is 5. The van der Waals surface area contributed by atoms with E-state index in [4.69, 9.17) is 14.3 Å². The van der Waals surface area contributed by atoms with Gasteiger partial charge in [0.15, 0.2) is 0 Å². The van der Waals surface area contributed by atoms with Gasteiger partial charge in [0.25, 0.3) is 10.0 Å². The molecule has 0 aromatic carbocycles. The molecule has 1 aromatic heterocycles. The van der Waals surface area contributed by atoms with Crippen LogP contribution in [-0.2, 0) is 14.8 Å². The van der Waals surface area contributed by atoms with Gasteiger partial charge in [-0.2, -0.15) is 0 Å². The van der Waals surface area contributed by atoms with Crippen LogP contribution in [0.4, 0.5) is 0 Å². The van der Waals surface area contributed by atoms with Crippen LogP contribution in [0.25, 0.3) is 0 Å². The van der Waals surface area contributed by atoms with Crippen LogP contribution >= 0.6 is 0 Å². The summed E-state index contributed by atoms with van der Waals surface area (Å²) in [5, 5.41) is 8.20. The van der Waals surface area contributed by atoms with Gasteiger partial charge in [0.1, 0.15) is 0 Å². The van der Waals surface area contributed by atoms with Crippen LogP contribution < -0.4 is 4.72 Å². The maximum absolute atomic E-state index is 11.7. The molecule has 0 bridgehead atoms. The normalized spacial score (nSPS) is 13.4. The average Bonchev–Trinajstić information content (AvgIpc) is 2.77. The van der Waals surface area contributed by atoms with E-state index >= 15 is 0 Å². The SMILES string of the molecule is CCOC(C)CNS(=O)(=O)c1ccc(C(=O)O)o1. The smallest absolute Gasteiger partial charge is 0.371 e. The number of furan rings is 1. The standard InChI is InChI=1S/C10H15NO6S/c1-3-16-7(2)6-11-18(14,15)9-5-4-8(17-9)10(12)13/h4-5,7,11H,3,6H2,1-2H3,(H,12,13). The molecule has 102 valence electrons. The van der Waals surface area contributed by atoms with Crippen molar-refractivity contribution in [1.82, 2.24) is 4.72 Å². The number of aromatic carboxylic acids is 1. The Balaban J connectivity index is 2.71. The van der Waals surface area contributed by atoms with E-state index in [1.807, 2.05) is 0 Å². The zero-order valence-corrected chi connectivity index (χ0v) is 10.9. The Bertz CT molecular complexity index is 506. The highest BCUT2D eigenvalue weighted by Crippen LogP contribution is 2.13. The van der Waals surface area contributed by atoms with Crippen molar-refractivity contribution >= 4 is 16.0 Å². The van der Waals surface area contributed by atoms with E-state index in [1.54, 1.807) is 13.8 Å². The first kappa shape index (κ1) is 14.7. The first-order valence-electron chi connectivity index (χ1n) is 5.31. The molecule has 0 aliphatic heterocycles. The van der Waals surface area contributed by atoms with Crippen LogP contribution in [0, 0.1) is 0 Å². The van der Waals surface area contributed by atoms with E-state index in [2.05, 4.69) is 4.72 Å². The fraction of sp³-hybridized carbons (Fsp3) is 0.500. The maximum atomic E-state index is 11.7. The molecular weight excluding hydrogens is 262 g/mol. The molecule has 1 unspecified atom stereocenters. The van der Waals surface area contributed by atoms with Crippen LogP contribution in [0.3, 0.4) is 0 Å². The Kier molecular flexibility index (Phi) is 4.88. The van der Waals surface area contributed by atoms with E-state index in [1.165, 1.54) is 0 Å². The fourth-order valence-corrected chi connectivity index (χ4v) is 2.26. The zero-order valence-electron chi connectivity index (χ0n) is 10.0. The summed E-state index contributed by atoms with van der Waals surface area (Å²) in [5.41, 5.74) is 0. The summed E-state index contributed by atoms with van der Waals surface area (Å²) in [6, 6.07) is 2.18. The number of carboxylic acid groups (broad SMARTS) is 1. The Morgan fingerprint density at radius 1 is 1.56 bits per heavy atom. The van der Waals surface area contributed by atoms with Crippen molar-refractivity contribution in [2.75, 3.05) is 13.2 Å². The summed E-state index contributed by atoms with van der Waals surface area (Å²) in [7, 11) is -3.85. The Morgan fingerprint density at radius 2 is 2.22 bits per heavy atom. The number of carbonyl (C=O) groups is 1. The number of sulfonamides is 1. The van der Waals surface area contributed by atoms with E-state index < -0.39 is 26.8 Å². The molecule has 0 spiro atoms. The van der Waals surface area contributed by atoms with Crippen molar-refractivity contribution in [3.05, 3.63) is 17.9 Å². The number of carboxylic acids is 1. The fourth-order valence-electron chi connectivity index (χ4n) is 1.22. The Hall–Kier alpha value is -1.38. The summed E-state index contributed by atoms with van der Waals surface area (Å²) in [6.07, 6.45) is -0.279. The molecule has 2 N–H and O–H groups in total. The molecule has 0 amide bonds. The van der Waals surface area contributed by atoms with Gasteiger partial charge in [0.2, 0.25) is 10.9 Å². The molecule has 1 rings (SSSR count). The Labute approximate surface area is 105 Å². The number of rotatable bonds is 7. The second-order valence-electron chi connectivity index (χ2n) is 3.54. The lowest BCUT2D eigenvalue weighted by Crippen LogP contribution is -2.32. The van der Waals surface area contributed by atoms with Gasteiger partial charge in [-0.1, -0.05) is 0 Å². The third-order valence-corrected chi connectivity index (χ3v) is 3.36. The lowest BCUT2D eigenvalue weighted by Gasteiger charge is -2.11. The predicted octanol–water partition coefficient (Wildman–Crippen LogP) is 0.681. The zero-order chi connectivity index (χ0) is 13.8. The summed E-state index contributed by atoms with van der Waals surface area (Å²) >= 11 is 0. The molecule has 7 nitrogen and oxygen atoms in total. The lowest BCUT2D eigenvalue weighted by atomic mass is 10.4. The minimum atomic E-state index is -3.85. The van der Waals surface area contributed by atoms with Gasteiger partial charge in [-0.3, -0.25) is 0 Å². The lowest BCUT2D eigenvalue weighted by molar-refractivity contribution is 0.0655. The van der Waals surface area contributed by atoms with Gasteiger partial charge < -0.3 is 14.3 Å². The topological polar surface area (TPSA) is 106 Å². The highest BCUT2D eigenvalue weighted by Gasteiger charge is 2.21. The molecular formula is C10H15NO6S. The van der Waals surface area contributed by atoms with Gasteiger partial charge in [-0.05, 0) is 26.0 Å². The van der Waals surface area contributed by atoms with Crippen molar-refractivity contribution in [2.24, 2.45) is 0 Å². The van der Waals surface area contributed by atoms with Crippen molar-refractivity contribution in [3.8, 4) is 0 Å². The Morgan fingerprint density at radius 3 is 2.72 bits per heavy atom. The molecule has 1 heterocycles. The predicted molar refractivity (Wildman–Crippen MR) is 61.9 cm³/mol. The molecule has 0 aliphatic carbocycles. The molecule has 8 heteroatoms. The summed E-state index contributed by atoms with van der Waals surface area (Å²) in [6.45, 7) is 4.08. The van der Waals surface area contributed by atoms with Crippen LogP contribution in [0.5, 0.6) is 0 Å². The van der Waals surface area contributed by atoms with Gasteiger partial charge in [0, 0.05) is 13.2 Å². The molecule has 0 aliphatic rings. The van der Waals surface area contributed by atoms with Crippen LogP contribution in [-0.4, -0.2) is 38.7 Å². The number of hydrogen-bond donors (Lipinski definition) is 2. The van der Waals surface area contributed by atoms with E-state index in [0.29, 0.717) is 6.61 Å². The van der Waals surface area contributed by atoms with Crippen LogP contribution in [0.2, 0.25) is 0 Å². The minimum absolute atomic E-state index is 0.0826. The second kappa shape index (κ2) is 5.98. The summed E-state index contributed by atoms with van der Waals surface area (Å²) < 4.78 is 35.6. The molecule has 1 atom stereocenters. The third kappa shape index (κ3) is 3.83. The van der Waals surface area contributed by atoms with Crippen molar-refractivity contribution in [3.63, 3.8) is 0 Å². The average molecular weight is 277 g/mol. The molecule has 18 heavy (non-hydrogen) atoms. The van der Waals surface area contributed by atoms with Crippen LogP contribution in [0.1, 0.15) is 24.4 Å². The van der Waals surface area contributed by atoms with E-state index in [9.17, 15) is 13.2 Å². The van der Waals surface area contributed by atoms with Crippen molar-refractivity contribution in [1.29, 1.82) is 0 Å². The van der Waals surface area contributed by atoms with Crippen LogP contribution in [0.15, 0.2) is 21.6 Å². The molecule has 0 saturated heterocycles. The second-order valence-corrected chi connectivity index (χ2v) is 5.24. The van der Waals surface area contributed by atoms with E-state index in [-0.39, 0.29) is 12.6 Å². The molecule has 0 saturated carbocycles. The number of ether oxygens (including phenoxy) is 1. The monoisotopic (exact) mass is 277 g/mol. The largest absolute Gasteiger partial charge is 0.475 e. The van der Waals surface area contributed by atoms with E-state index in [0.717, 1.165) is 12.1 Å².